The summed E-state index contributed by atoms with van der Waals surface area (Å²) in [5.74, 6) is 0.0942. The lowest BCUT2D eigenvalue weighted by Crippen LogP contribution is -2.36. The van der Waals surface area contributed by atoms with Crippen molar-refractivity contribution in [3.8, 4) is 0 Å². The molecule has 0 aromatic heterocycles. The molecule has 0 spiro atoms. The minimum atomic E-state index is -0.482. The quantitative estimate of drug-likeness (QED) is 0.798. The Morgan fingerprint density at radius 2 is 1.78 bits per heavy atom. The summed E-state index contributed by atoms with van der Waals surface area (Å²) in [5.41, 5.74) is -0.233. The molecule has 0 aliphatic rings. The molecule has 0 aromatic rings. The number of hydrogen-bond acceptors (Lipinski definition) is 3. The van der Waals surface area contributed by atoms with Crippen LogP contribution in [0.25, 0.3) is 0 Å². The van der Waals surface area contributed by atoms with E-state index in [1.54, 1.807) is 0 Å². The van der Waals surface area contributed by atoms with E-state index in [1.165, 1.54) is 0 Å². The van der Waals surface area contributed by atoms with Crippen molar-refractivity contribution >= 4 is 6.09 Å². The van der Waals surface area contributed by atoms with Crippen LogP contribution >= 0.6 is 0 Å². The smallest absolute Gasteiger partial charge is 0.407 e. The molecule has 0 fully saturated rings. The van der Waals surface area contributed by atoms with E-state index < -0.39 is 11.7 Å². The number of hydrogen-bond donors (Lipinski definition) is 2. The molecule has 1 amide bonds. The third kappa shape index (κ3) is 10.4. The highest BCUT2D eigenvalue weighted by atomic mass is 16.6. The fraction of sp³-hybridized carbons (Fsp3) is 0.929. The van der Waals surface area contributed by atoms with Gasteiger partial charge in [0.1, 0.15) is 5.60 Å². The lowest BCUT2D eigenvalue weighted by Gasteiger charge is -2.23. The summed E-state index contributed by atoms with van der Waals surface area (Å²) in [5, 5.41) is 12.0. The topological polar surface area (TPSA) is 58.6 Å². The molecule has 108 valence electrons. The first-order chi connectivity index (χ1) is 8.03. The second-order valence-corrected chi connectivity index (χ2v) is 7.03. The maximum absolute atomic E-state index is 11.5. The molecule has 0 saturated heterocycles. The van der Waals surface area contributed by atoms with Crippen molar-refractivity contribution in [1.29, 1.82) is 0 Å². The number of carbonyl (C=O) groups is 1. The van der Waals surface area contributed by atoms with Crippen molar-refractivity contribution in [2.45, 2.75) is 60.0 Å². The van der Waals surface area contributed by atoms with Crippen LogP contribution in [0.2, 0.25) is 0 Å². The maximum atomic E-state index is 11.5. The number of carbonyl (C=O) groups excluding carboxylic acids is 1. The maximum Gasteiger partial charge on any atom is 0.407 e. The van der Waals surface area contributed by atoms with Gasteiger partial charge in [0.05, 0.1) is 0 Å². The van der Waals surface area contributed by atoms with Gasteiger partial charge in [0, 0.05) is 13.2 Å². The Kier molecular flexibility index (Phi) is 6.68. The summed E-state index contributed by atoms with van der Waals surface area (Å²) in [4.78, 5) is 11.5. The van der Waals surface area contributed by atoms with Crippen LogP contribution in [-0.2, 0) is 4.74 Å². The number of alkyl carbamates (subject to hydrolysis) is 1. The Morgan fingerprint density at radius 3 is 2.17 bits per heavy atom. The molecule has 0 aliphatic carbocycles. The summed E-state index contributed by atoms with van der Waals surface area (Å²) in [7, 11) is 0. The first-order valence-corrected chi connectivity index (χ1v) is 6.61. The highest BCUT2D eigenvalue weighted by Crippen LogP contribution is 2.23. The van der Waals surface area contributed by atoms with Gasteiger partial charge in [-0.3, -0.25) is 0 Å². The minimum Gasteiger partial charge on any atom is -0.444 e. The molecule has 18 heavy (non-hydrogen) atoms. The van der Waals surface area contributed by atoms with Crippen molar-refractivity contribution in [3.63, 3.8) is 0 Å². The van der Waals surface area contributed by atoms with E-state index in [0.29, 0.717) is 6.54 Å². The highest BCUT2D eigenvalue weighted by molar-refractivity contribution is 5.67. The highest BCUT2D eigenvalue weighted by Gasteiger charge is 2.18. The van der Waals surface area contributed by atoms with Crippen molar-refractivity contribution in [1.82, 2.24) is 5.32 Å². The molecule has 0 aliphatic heterocycles. The Balaban J connectivity index is 3.97. The van der Waals surface area contributed by atoms with E-state index in [1.807, 2.05) is 20.8 Å². The van der Waals surface area contributed by atoms with Crippen molar-refractivity contribution in [2.75, 3.05) is 13.2 Å². The third-order valence-corrected chi connectivity index (χ3v) is 2.49. The van der Waals surface area contributed by atoms with Gasteiger partial charge in [-0.2, -0.15) is 0 Å². The molecule has 0 aromatic carbocycles. The monoisotopic (exact) mass is 259 g/mol. The molecule has 0 saturated carbocycles. The number of ether oxygens (including phenoxy) is 1. The predicted octanol–water partition coefficient (Wildman–Crippen LogP) is 2.95. The normalized spacial score (nSPS) is 14.2. The third-order valence-electron chi connectivity index (χ3n) is 2.49. The molecule has 0 heterocycles. The van der Waals surface area contributed by atoms with Crippen LogP contribution in [-0.4, -0.2) is 30.0 Å². The molecule has 1 atom stereocenters. The SMILES string of the molecule is CC(C)(C)CCC(CO)CNC(=O)OC(C)(C)C. The molecule has 2 N–H and O–H groups in total. The van der Waals surface area contributed by atoms with Crippen LogP contribution in [0.5, 0.6) is 0 Å². The molecule has 1 unspecified atom stereocenters. The van der Waals surface area contributed by atoms with Gasteiger partial charge in [-0.05, 0) is 44.9 Å². The summed E-state index contributed by atoms with van der Waals surface area (Å²) in [6, 6.07) is 0. The van der Waals surface area contributed by atoms with Crippen LogP contribution in [0, 0.1) is 11.3 Å². The number of amides is 1. The van der Waals surface area contributed by atoms with E-state index in [2.05, 4.69) is 26.1 Å². The van der Waals surface area contributed by atoms with Crippen molar-refractivity contribution in [2.24, 2.45) is 11.3 Å². The van der Waals surface area contributed by atoms with E-state index in [-0.39, 0.29) is 17.9 Å². The fourth-order valence-electron chi connectivity index (χ4n) is 1.44. The number of rotatable bonds is 5. The van der Waals surface area contributed by atoms with E-state index in [4.69, 9.17) is 4.74 Å². The predicted molar refractivity (Wildman–Crippen MR) is 73.5 cm³/mol. The Bertz CT molecular complexity index is 251. The Labute approximate surface area is 111 Å². The summed E-state index contributed by atoms with van der Waals surface area (Å²) in [6.07, 6.45) is 1.50. The van der Waals surface area contributed by atoms with Gasteiger partial charge in [-0.1, -0.05) is 20.8 Å². The standard InChI is InChI=1S/C14H29NO3/c1-13(2,3)8-7-11(10-16)9-15-12(17)18-14(4,5)6/h11,16H,7-10H2,1-6H3,(H,15,17). The number of aliphatic hydroxyl groups excluding tert-OH is 1. The van der Waals surface area contributed by atoms with E-state index in [9.17, 15) is 9.90 Å². The van der Waals surface area contributed by atoms with Crippen LogP contribution in [0.4, 0.5) is 4.79 Å². The van der Waals surface area contributed by atoms with Crippen LogP contribution in [0.15, 0.2) is 0 Å². The Hall–Kier alpha value is -0.770. The molecule has 0 radical (unpaired) electrons. The van der Waals surface area contributed by atoms with Gasteiger partial charge in [0.15, 0.2) is 0 Å². The van der Waals surface area contributed by atoms with Crippen LogP contribution < -0.4 is 5.32 Å². The van der Waals surface area contributed by atoms with Crippen molar-refractivity contribution < 1.29 is 14.6 Å². The lowest BCUT2D eigenvalue weighted by molar-refractivity contribution is 0.0510. The van der Waals surface area contributed by atoms with Crippen LogP contribution in [0.1, 0.15) is 54.4 Å². The summed E-state index contributed by atoms with van der Waals surface area (Å²) in [6.45, 7) is 12.5. The van der Waals surface area contributed by atoms with Crippen molar-refractivity contribution in [3.05, 3.63) is 0 Å². The molecular weight excluding hydrogens is 230 g/mol. The van der Waals surface area contributed by atoms with Gasteiger partial charge in [0.25, 0.3) is 0 Å². The van der Waals surface area contributed by atoms with E-state index in [0.717, 1.165) is 12.8 Å². The first-order valence-electron chi connectivity index (χ1n) is 6.61. The number of nitrogens with one attached hydrogen (secondary N) is 1. The Morgan fingerprint density at radius 1 is 1.22 bits per heavy atom. The zero-order chi connectivity index (χ0) is 14.4. The molecule has 4 nitrogen and oxygen atoms in total. The minimum absolute atomic E-state index is 0.0892. The molecule has 4 heteroatoms. The summed E-state index contributed by atoms with van der Waals surface area (Å²) >= 11 is 0. The molecular formula is C14H29NO3. The fourth-order valence-corrected chi connectivity index (χ4v) is 1.44. The average molecular weight is 259 g/mol. The van der Waals surface area contributed by atoms with E-state index >= 15 is 0 Å². The second-order valence-electron chi connectivity index (χ2n) is 7.03. The zero-order valence-corrected chi connectivity index (χ0v) is 12.7. The van der Waals surface area contributed by atoms with Gasteiger partial charge < -0.3 is 15.2 Å². The number of aliphatic hydroxyl groups is 1. The van der Waals surface area contributed by atoms with Gasteiger partial charge in [-0.15, -0.1) is 0 Å². The second kappa shape index (κ2) is 6.98. The molecule has 0 bridgehead atoms. The largest absolute Gasteiger partial charge is 0.444 e. The van der Waals surface area contributed by atoms with Crippen LogP contribution in [0.3, 0.4) is 0 Å². The average Bonchev–Trinajstić information content (AvgIpc) is 2.13. The zero-order valence-electron chi connectivity index (χ0n) is 12.7. The molecule has 0 rings (SSSR count). The van der Waals surface area contributed by atoms with Gasteiger partial charge in [0.2, 0.25) is 0 Å². The van der Waals surface area contributed by atoms with Gasteiger partial charge >= 0.3 is 6.09 Å². The van der Waals surface area contributed by atoms with Gasteiger partial charge in [-0.25, -0.2) is 4.79 Å². The first kappa shape index (κ1) is 17.2. The lowest BCUT2D eigenvalue weighted by atomic mass is 9.87. The summed E-state index contributed by atoms with van der Waals surface area (Å²) < 4.78 is 5.15.